The number of nitrogens with one attached hydrogen (secondary N) is 2. The number of H-pyrrole nitrogens is 1. The van der Waals surface area contributed by atoms with Crippen LogP contribution in [0, 0.1) is 0 Å². The first-order valence-electron chi connectivity index (χ1n) is 9.14. The summed E-state index contributed by atoms with van der Waals surface area (Å²) in [6.07, 6.45) is 4.44. The van der Waals surface area contributed by atoms with Gasteiger partial charge in [0.15, 0.2) is 0 Å². The van der Waals surface area contributed by atoms with E-state index in [1.165, 1.54) is 0 Å². The van der Waals surface area contributed by atoms with Crippen LogP contribution in [0.5, 0.6) is 0 Å². The summed E-state index contributed by atoms with van der Waals surface area (Å²) in [6.45, 7) is 2.04. The predicted molar refractivity (Wildman–Crippen MR) is 115 cm³/mol. The number of aromatic nitrogens is 1. The van der Waals surface area contributed by atoms with Gasteiger partial charge in [0.05, 0.1) is 0 Å². The summed E-state index contributed by atoms with van der Waals surface area (Å²) < 4.78 is 0.812. The second-order valence-electron chi connectivity index (χ2n) is 6.59. The van der Waals surface area contributed by atoms with Crippen molar-refractivity contribution in [1.29, 1.82) is 0 Å². The molecular weight excluding hydrogens is 433 g/mol. The number of fused-ring (bicyclic) bond motifs is 1. The van der Waals surface area contributed by atoms with Crippen LogP contribution in [0.2, 0.25) is 0 Å². The number of carbonyl (C=O) groups excluding carboxylic acids is 2. The van der Waals surface area contributed by atoms with Crippen LogP contribution < -0.4 is 20.9 Å². The molecule has 1 aromatic heterocycles. The van der Waals surface area contributed by atoms with Crippen LogP contribution >= 0.6 is 0 Å². The van der Waals surface area contributed by atoms with Crippen LogP contribution in [0.4, 0.5) is 11.4 Å². The zero-order chi connectivity index (χ0) is 20.4. The molecular formula is C21H21N5O2Se. The number of benzene rings is 2. The van der Waals surface area contributed by atoms with Crippen molar-refractivity contribution in [3.63, 3.8) is 0 Å². The van der Waals surface area contributed by atoms with Gasteiger partial charge in [0.25, 0.3) is 0 Å². The maximum absolute atomic E-state index is 12.8. The molecule has 7 nitrogen and oxygen atoms in total. The Morgan fingerprint density at radius 3 is 2.72 bits per heavy atom. The van der Waals surface area contributed by atoms with Gasteiger partial charge in [-0.05, 0) is 0 Å². The average molecular weight is 454 g/mol. The van der Waals surface area contributed by atoms with Crippen molar-refractivity contribution in [2.75, 3.05) is 9.80 Å². The molecule has 0 radical (unpaired) electrons. The number of carbonyl (C=O) groups is 2. The first-order chi connectivity index (χ1) is 14.1. The van der Waals surface area contributed by atoms with Crippen LogP contribution in [0.15, 0.2) is 65.5 Å². The van der Waals surface area contributed by atoms with E-state index in [9.17, 15) is 9.59 Å². The molecule has 3 aromatic rings. The fourth-order valence-corrected chi connectivity index (χ4v) is 5.88. The molecule has 0 aliphatic carbocycles. The molecule has 29 heavy (non-hydrogen) atoms. The van der Waals surface area contributed by atoms with Gasteiger partial charge in [-0.3, -0.25) is 0 Å². The topological polar surface area (TPSA) is 94.5 Å². The second kappa shape index (κ2) is 8.13. The molecule has 0 fully saturated rings. The Kier molecular flexibility index (Phi) is 5.40. The minimum absolute atomic E-state index is 0.0639. The van der Waals surface area contributed by atoms with Gasteiger partial charge in [0, 0.05) is 0 Å². The Labute approximate surface area is 174 Å². The van der Waals surface area contributed by atoms with Crippen molar-refractivity contribution >= 4 is 49.6 Å². The van der Waals surface area contributed by atoms with E-state index in [4.69, 9.17) is 5.73 Å². The molecule has 148 valence electrons. The van der Waals surface area contributed by atoms with Gasteiger partial charge in [0.2, 0.25) is 0 Å². The molecule has 0 bridgehead atoms. The second-order valence-corrected chi connectivity index (χ2v) is 8.89. The van der Waals surface area contributed by atoms with Crippen molar-refractivity contribution in [3.05, 3.63) is 71.1 Å². The molecule has 2 amide bonds. The van der Waals surface area contributed by atoms with Gasteiger partial charge in [-0.1, -0.05) is 0 Å². The maximum atomic E-state index is 12.8. The van der Waals surface area contributed by atoms with Crippen LogP contribution in [0.25, 0.3) is 10.9 Å². The Hall–Kier alpha value is -3.06. The number of nitrogens with zero attached hydrogens (tertiary/aromatic N) is 2. The third-order valence-electron chi connectivity index (χ3n) is 4.79. The molecule has 8 heteroatoms. The van der Waals surface area contributed by atoms with Gasteiger partial charge < -0.3 is 0 Å². The SMILES string of the molecule is CC(=O)N(c1c[nH]c2ccccc12)C1[Se]C(NC=O)=CN1c1ccc(CN)cc1. The molecule has 1 atom stereocenters. The summed E-state index contributed by atoms with van der Waals surface area (Å²) in [6, 6.07) is 15.8. The van der Waals surface area contributed by atoms with Crippen LogP contribution in [-0.2, 0) is 16.1 Å². The summed E-state index contributed by atoms with van der Waals surface area (Å²) in [5.74, 6) is -0.0639. The molecule has 0 saturated carbocycles. The number of para-hydroxylation sites is 1. The zero-order valence-electron chi connectivity index (χ0n) is 15.8. The van der Waals surface area contributed by atoms with Gasteiger partial charge in [-0.15, -0.1) is 0 Å². The summed E-state index contributed by atoms with van der Waals surface area (Å²) in [4.78, 5) is 30.9. The van der Waals surface area contributed by atoms with E-state index in [0.29, 0.717) is 13.0 Å². The van der Waals surface area contributed by atoms with Gasteiger partial charge in [0.1, 0.15) is 0 Å². The molecule has 0 spiro atoms. The van der Waals surface area contributed by atoms with Crippen LogP contribution in [-0.4, -0.2) is 37.3 Å². The summed E-state index contributed by atoms with van der Waals surface area (Å²) in [5, 5.41) is 3.51. The Balaban J connectivity index is 1.77. The predicted octanol–water partition coefficient (Wildman–Crippen LogP) is 2.03. The number of hydrogen-bond donors (Lipinski definition) is 3. The molecule has 4 N–H and O–H groups in total. The van der Waals surface area contributed by atoms with E-state index in [2.05, 4.69) is 10.3 Å². The molecule has 1 aliphatic heterocycles. The number of anilines is 2. The van der Waals surface area contributed by atoms with Gasteiger partial charge in [-0.25, -0.2) is 0 Å². The van der Waals surface area contributed by atoms with E-state index >= 15 is 0 Å². The van der Waals surface area contributed by atoms with E-state index < -0.39 is 0 Å². The number of nitrogens with two attached hydrogens (primary N) is 1. The summed E-state index contributed by atoms with van der Waals surface area (Å²) in [7, 11) is 0. The number of rotatable bonds is 6. The average Bonchev–Trinajstić information content (AvgIpc) is 3.34. The minimum atomic E-state index is -0.245. The normalized spacial score (nSPS) is 16.0. The fourth-order valence-electron chi connectivity index (χ4n) is 3.40. The first-order valence-corrected chi connectivity index (χ1v) is 11.0. The Bertz CT molecular complexity index is 1080. The van der Waals surface area contributed by atoms with Crippen LogP contribution in [0.1, 0.15) is 12.5 Å². The molecule has 2 heterocycles. The van der Waals surface area contributed by atoms with E-state index in [0.717, 1.165) is 32.4 Å². The number of hydrogen-bond acceptors (Lipinski definition) is 4. The monoisotopic (exact) mass is 455 g/mol. The molecule has 4 rings (SSSR count). The molecule has 2 aromatic carbocycles. The van der Waals surface area contributed by atoms with E-state index in [1.54, 1.807) is 11.8 Å². The summed E-state index contributed by atoms with van der Waals surface area (Å²) in [5.41, 5.74) is 9.48. The van der Waals surface area contributed by atoms with Crippen molar-refractivity contribution in [3.8, 4) is 0 Å². The van der Waals surface area contributed by atoms with E-state index in [1.807, 2.05) is 65.8 Å². The number of amides is 2. The molecule has 1 unspecified atom stereocenters. The summed E-state index contributed by atoms with van der Waals surface area (Å²) >= 11 is -0.183. The first kappa shape index (κ1) is 19.3. The quantitative estimate of drug-likeness (QED) is 0.393. The number of aromatic amines is 1. The standard InChI is InChI=1S/C21H21N5O2Se/c1-14(28)26(19-11-23-18-5-3-2-4-17(18)19)21-25(12-20(29-21)24-13-27)16-8-6-15(10-22)7-9-16/h2-9,11-13,21,23H,10,22H2,1H3,(H,24,27). The zero-order valence-corrected chi connectivity index (χ0v) is 17.5. The van der Waals surface area contributed by atoms with Crippen molar-refractivity contribution in [1.82, 2.24) is 10.3 Å². The Morgan fingerprint density at radius 2 is 2.03 bits per heavy atom. The van der Waals surface area contributed by atoms with Crippen LogP contribution in [0.3, 0.4) is 0 Å². The van der Waals surface area contributed by atoms with E-state index in [-0.39, 0.29) is 25.9 Å². The van der Waals surface area contributed by atoms with Crippen molar-refractivity contribution in [2.45, 2.75) is 18.5 Å². The third-order valence-corrected chi connectivity index (χ3v) is 7.15. The molecule has 0 saturated heterocycles. The Morgan fingerprint density at radius 1 is 1.28 bits per heavy atom. The fraction of sp³-hybridized carbons (Fsp3) is 0.143. The third kappa shape index (κ3) is 3.65. The van der Waals surface area contributed by atoms with Crippen molar-refractivity contribution < 1.29 is 9.59 Å². The molecule has 1 aliphatic rings. The van der Waals surface area contributed by atoms with Gasteiger partial charge in [-0.2, -0.15) is 0 Å². The van der Waals surface area contributed by atoms with Gasteiger partial charge >= 0.3 is 175 Å². The van der Waals surface area contributed by atoms with Crippen molar-refractivity contribution in [2.24, 2.45) is 5.73 Å².